The van der Waals surface area contributed by atoms with Crippen LogP contribution in [-0.2, 0) is 6.42 Å². The Labute approximate surface area is 161 Å². The molecule has 0 aliphatic heterocycles. The van der Waals surface area contributed by atoms with E-state index in [0.717, 1.165) is 5.56 Å². The minimum absolute atomic E-state index is 0.289. The van der Waals surface area contributed by atoms with E-state index >= 15 is 0 Å². The Morgan fingerprint density at radius 1 is 1.26 bits per heavy atom. The van der Waals surface area contributed by atoms with Crippen LogP contribution < -0.4 is 10.1 Å². The fourth-order valence-electron chi connectivity index (χ4n) is 2.41. The van der Waals surface area contributed by atoms with Crippen LogP contribution in [0.4, 0.5) is 10.5 Å². The van der Waals surface area contributed by atoms with Crippen LogP contribution in [0.25, 0.3) is 11.5 Å². The molecule has 0 aliphatic rings. The predicted octanol–water partition coefficient (Wildman–Crippen LogP) is 4.11. The van der Waals surface area contributed by atoms with Crippen LogP contribution in [0.2, 0.25) is 5.02 Å². The first kappa shape index (κ1) is 18.7. The number of likely N-dealkylation sites (N-methyl/N-ethyl adjacent to an activating group) is 1. The smallest absolute Gasteiger partial charge is 0.321 e. The van der Waals surface area contributed by atoms with Crippen molar-refractivity contribution in [3.8, 4) is 17.2 Å². The van der Waals surface area contributed by atoms with E-state index in [1.165, 1.54) is 12.0 Å². The minimum atomic E-state index is -0.289. The van der Waals surface area contributed by atoms with Gasteiger partial charge in [-0.2, -0.15) is 4.98 Å². The number of nitrogens with one attached hydrogen (secondary N) is 1. The fraction of sp³-hybridized carbons (Fsp3) is 0.211. The summed E-state index contributed by atoms with van der Waals surface area (Å²) in [7, 11) is 3.22. The van der Waals surface area contributed by atoms with E-state index in [1.54, 1.807) is 25.2 Å². The molecule has 0 spiro atoms. The lowest BCUT2D eigenvalue weighted by Gasteiger charge is -2.18. The van der Waals surface area contributed by atoms with Gasteiger partial charge < -0.3 is 19.5 Å². The summed E-state index contributed by atoms with van der Waals surface area (Å²) in [4.78, 5) is 18.3. The summed E-state index contributed by atoms with van der Waals surface area (Å²) in [6.45, 7) is 0.419. The summed E-state index contributed by atoms with van der Waals surface area (Å²) in [6, 6.07) is 14.3. The molecular formula is C19H19ClN4O3. The minimum Gasteiger partial charge on any atom is -0.495 e. The van der Waals surface area contributed by atoms with Crippen LogP contribution in [0.1, 0.15) is 5.82 Å². The van der Waals surface area contributed by atoms with Gasteiger partial charge in [-0.1, -0.05) is 35.0 Å². The van der Waals surface area contributed by atoms with Crippen LogP contribution in [0.3, 0.4) is 0 Å². The number of nitrogens with zero attached hydrogens (tertiary/aromatic N) is 3. The molecule has 0 bridgehead atoms. The van der Waals surface area contributed by atoms with E-state index in [0.29, 0.717) is 41.1 Å². The maximum absolute atomic E-state index is 12.4. The second-order valence-corrected chi connectivity index (χ2v) is 6.26. The number of carbonyl (C=O) groups is 1. The summed E-state index contributed by atoms with van der Waals surface area (Å²) in [6.07, 6.45) is 0.465. The Bertz CT molecular complexity index is 914. The van der Waals surface area contributed by atoms with E-state index in [-0.39, 0.29) is 6.03 Å². The third-order valence-corrected chi connectivity index (χ3v) is 4.14. The number of benzene rings is 2. The Balaban J connectivity index is 1.58. The van der Waals surface area contributed by atoms with Crippen LogP contribution in [0, 0.1) is 0 Å². The highest BCUT2D eigenvalue weighted by Gasteiger charge is 2.14. The van der Waals surface area contributed by atoms with Gasteiger partial charge in [0.15, 0.2) is 5.82 Å². The number of hydrogen-bond acceptors (Lipinski definition) is 5. The molecule has 0 atom stereocenters. The zero-order valence-corrected chi connectivity index (χ0v) is 15.7. The van der Waals surface area contributed by atoms with Crippen molar-refractivity contribution < 1.29 is 14.1 Å². The summed E-state index contributed by atoms with van der Waals surface area (Å²) in [5, 5.41) is 7.26. The fourth-order valence-corrected chi connectivity index (χ4v) is 2.58. The van der Waals surface area contributed by atoms with Crippen molar-refractivity contribution in [2.45, 2.75) is 6.42 Å². The van der Waals surface area contributed by atoms with Gasteiger partial charge in [0.25, 0.3) is 5.89 Å². The number of anilines is 1. The monoisotopic (exact) mass is 386 g/mol. The second kappa shape index (κ2) is 8.55. The standard InChI is InChI=1S/C19H19ClN4O3/c1-24(19(25)21-15-12-14(20)8-9-16(15)26-2)11-10-17-22-18(27-23-17)13-6-4-3-5-7-13/h3-9,12H,10-11H2,1-2H3,(H,21,25). The number of hydrogen-bond donors (Lipinski definition) is 1. The molecule has 3 rings (SSSR count). The SMILES string of the molecule is COc1ccc(Cl)cc1NC(=O)N(C)CCc1noc(-c2ccccc2)n1. The van der Waals surface area contributed by atoms with Crippen molar-refractivity contribution in [1.82, 2.24) is 15.0 Å². The Morgan fingerprint density at radius 3 is 2.78 bits per heavy atom. The summed E-state index contributed by atoms with van der Waals surface area (Å²) in [5.74, 6) is 1.53. The number of methoxy groups -OCH3 is 1. The number of aromatic nitrogens is 2. The van der Waals surface area contributed by atoms with Gasteiger partial charge in [-0.25, -0.2) is 4.79 Å². The Kier molecular flexibility index (Phi) is 5.93. The second-order valence-electron chi connectivity index (χ2n) is 5.83. The molecule has 2 amide bonds. The maximum atomic E-state index is 12.4. The molecule has 3 aromatic rings. The van der Waals surface area contributed by atoms with E-state index < -0.39 is 0 Å². The van der Waals surface area contributed by atoms with E-state index in [4.69, 9.17) is 20.9 Å². The average Bonchev–Trinajstić information content (AvgIpc) is 3.16. The van der Waals surface area contributed by atoms with E-state index in [9.17, 15) is 4.79 Å². The maximum Gasteiger partial charge on any atom is 0.321 e. The lowest BCUT2D eigenvalue weighted by atomic mass is 10.2. The predicted molar refractivity (Wildman–Crippen MR) is 103 cm³/mol. The quantitative estimate of drug-likeness (QED) is 0.689. The third kappa shape index (κ3) is 4.77. The topological polar surface area (TPSA) is 80.5 Å². The van der Waals surface area contributed by atoms with Crippen molar-refractivity contribution in [3.05, 3.63) is 59.4 Å². The molecule has 1 aromatic heterocycles. The lowest BCUT2D eigenvalue weighted by molar-refractivity contribution is 0.222. The normalized spacial score (nSPS) is 10.5. The molecule has 0 unspecified atom stereocenters. The highest BCUT2D eigenvalue weighted by molar-refractivity contribution is 6.31. The molecule has 1 N–H and O–H groups in total. The van der Waals surface area contributed by atoms with Gasteiger partial charge in [0, 0.05) is 30.6 Å². The van der Waals surface area contributed by atoms with Crippen LogP contribution in [-0.4, -0.2) is 41.8 Å². The first-order chi connectivity index (χ1) is 13.1. The zero-order chi connectivity index (χ0) is 19.2. The largest absolute Gasteiger partial charge is 0.495 e. The van der Waals surface area contributed by atoms with Gasteiger partial charge >= 0.3 is 6.03 Å². The number of halogens is 1. The summed E-state index contributed by atoms with van der Waals surface area (Å²) < 4.78 is 10.5. The summed E-state index contributed by atoms with van der Waals surface area (Å²) in [5.41, 5.74) is 1.36. The van der Waals surface area contributed by atoms with Crippen molar-refractivity contribution in [3.63, 3.8) is 0 Å². The highest BCUT2D eigenvalue weighted by Crippen LogP contribution is 2.27. The molecule has 8 heteroatoms. The molecule has 0 radical (unpaired) electrons. The molecule has 7 nitrogen and oxygen atoms in total. The first-order valence-corrected chi connectivity index (χ1v) is 8.68. The van der Waals surface area contributed by atoms with Crippen LogP contribution in [0.15, 0.2) is 53.1 Å². The molecule has 2 aromatic carbocycles. The number of carbonyl (C=O) groups excluding carboxylic acids is 1. The number of amides is 2. The highest BCUT2D eigenvalue weighted by atomic mass is 35.5. The number of ether oxygens (including phenoxy) is 1. The van der Waals surface area contributed by atoms with Gasteiger partial charge in [-0.3, -0.25) is 0 Å². The van der Waals surface area contributed by atoms with Crippen LogP contribution >= 0.6 is 11.6 Å². The molecule has 27 heavy (non-hydrogen) atoms. The van der Waals surface area contributed by atoms with Crippen molar-refractivity contribution in [1.29, 1.82) is 0 Å². The van der Waals surface area contributed by atoms with Gasteiger partial charge in [0.2, 0.25) is 0 Å². The Morgan fingerprint density at radius 2 is 2.04 bits per heavy atom. The van der Waals surface area contributed by atoms with Gasteiger partial charge in [0.05, 0.1) is 12.8 Å². The van der Waals surface area contributed by atoms with Gasteiger partial charge in [-0.05, 0) is 30.3 Å². The van der Waals surface area contributed by atoms with Crippen molar-refractivity contribution in [2.75, 3.05) is 26.0 Å². The molecule has 0 fully saturated rings. The van der Waals surface area contributed by atoms with E-state index in [1.807, 2.05) is 30.3 Å². The molecule has 1 heterocycles. The first-order valence-electron chi connectivity index (χ1n) is 8.30. The van der Waals surface area contributed by atoms with Gasteiger partial charge in [-0.15, -0.1) is 0 Å². The number of rotatable bonds is 6. The average molecular weight is 387 g/mol. The molecule has 140 valence electrons. The van der Waals surface area contributed by atoms with Crippen LogP contribution in [0.5, 0.6) is 5.75 Å². The van der Waals surface area contributed by atoms with Crippen molar-refractivity contribution in [2.24, 2.45) is 0 Å². The van der Waals surface area contributed by atoms with Gasteiger partial charge in [0.1, 0.15) is 5.75 Å². The zero-order valence-electron chi connectivity index (χ0n) is 15.0. The van der Waals surface area contributed by atoms with E-state index in [2.05, 4.69) is 15.5 Å². The molecule has 0 saturated heterocycles. The molecule has 0 saturated carbocycles. The third-order valence-electron chi connectivity index (χ3n) is 3.91. The Hall–Kier alpha value is -3.06. The summed E-state index contributed by atoms with van der Waals surface area (Å²) >= 11 is 5.98. The molecule has 0 aliphatic carbocycles. The lowest BCUT2D eigenvalue weighted by Crippen LogP contribution is -2.33. The molecular weight excluding hydrogens is 368 g/mol. The van der Waals surface area contributed by atoms with Crippen molar-refractivity contribution >= 4 is 23.3 Å². The number of urea groups is 1.